The number of carbonyl (C=O) groups is 2. The van der Waals surface area contributed by atoms with Crippen LogP contribution in [0.1, 0.15) is 44.7 Å². The zero-order valence-electron chi connectivity index (χ0n) is 15.2. The normalized spacial score (nSPS) is 15.3. The molecule has 0 bridgehead atoms. The number of amides is 1. The van der Waals surface area contributed by atoms with E-state index < -0.39 is 5.97 Å². The molecule has 2 aromatic carbocycles. The summed E-state index contributed by atoms with van der Waals surface area (Å²) in [5.41, 5.74) is 3.66. The minimum atomic E-state index is -0.448. The molecule has 6 nitrogen and oxygen atoms in total. The molecule has 1 aliphatic rings. The third kappa shape index (κ3) is 2.83. The molecule has 1 amide bonds. The van der Waals surface area contributed by atoms with Gasteiger partial charge in [-0.3, -0.25) is 4.79 Å². The Morgan fingerprint density at radius 1 is 1.26 bits per heavy atom. The van der Waals surface area contributed by atoms with E-state index in [2.05, 4.69) is 16.4 Å². The first kappa shape index (κ1) is 17.1. The van der Waals surface area contributed by atoms with E-state index in [4.69, 9.17) is 9.47 Å². The Bertz CT molecular complexity index is 1040. The van der Waals surface area contributed by atoms with Crippen LogP contribution in [0.15, 0.2) is 42.6 Å². The number of fused-ring (bicyclic) bond motifs is 2. The first-order valence-electron chi connectivity index (χ1n) is 8.90. The topological polar surface area (TPSA) is 80.4 Å². The molecular weight excluding hydrogens is 344 g/mol. The van der Waals surface area contributed by atoms with Crippen molar-refractivity contribution in [2.24, 2.45) is 0 Å². The zero-order valence-corrected chi connectivity index (χ0v) is 15.2. The molecule has 27 heavy (non-hydrogen) atoms. The van der Waals surface area contributed by atoms with Gasteiger partial charge in [0, 0.05) is 35.6 Å². The van der Waals surface area contributed by atoms with Gasteiger partial charge in [0.15, 0.2) is 0 Å². The van der Waals surface area contributed by atoms with Gasteiger partial charge in [-0.2, -0.15) is 0 Å². The van der Waals surface area contributed by atoms with Gasteiger partial charge in [-0.25, -0.2) is 4.79 Å². The number of carbonyl (C=O) groups excluding carboxylic acids is 2. The fourth-order valence-corrected chi connectivity index (χ4v) is 3.63. The van der Waals surface area contributed by atoms with E-state index in [0.717, 1.165) is 22.0 Å². The lowest BCUT2D eigenvalue weighted by Crippen LogP contribution is -2.19. The summed E-state index contributed by atoms with van der Waals surface area (Å²) in [5, 5.41) is 3.71. The second-order valence-corrected chi connectivity index (χ2v) is 6.39. The number of esters is 1. The average molecular weight is 364 g/mol. The number of H-pyrrole nitrogens is 1. The van der Waals surface area contributed by atoms with Gasteiger partial charge in [0.2, 0.25) is 0 Å². The van der Waals surface area contributed by atoms with Crippen LogP contribution >= 0.6 is 0 Å². The van der Waals surface area contributed by atoms with Crippen LogP contribution in [-0.4, -0.2) is 37.1 Å². The monoisotopic (exact) mass is 364 g/mol. The number of aromatic amines is 1. The molecule has 6 heteroatoms. The van der Waals surface area contributed by atoms with Gasteiger partial charge in [0.05, 0.1) is 24.3 Å². The number of ether oxygens (including phenoxy) is 2. The van der Waals surface area contributed by atoms with Gasteiger partial charge < -0.3 is 19.8 Å². The Balaban J connectivity index is 1.88. The van der Waals surface area contributed by atoms with Crippen LogP contribution in [0.2, 0.25) is 0 Å². The van der Waals surface area contributed by atoms with Crippen molar-refractivity contribution in [3.05, 3.63) is 64.8 Å². The van der Waals surface area contributed by atoms with E-state index in [1.807, 2.05) is 24.4 Å². The zero-order chi connectivity index (χ0) is 19.0. The van der Waals surface area contributed by atoms with Gasteiger partial charge in [-0.15, -0.1) is 0 Å². The third-order valence-electron chi connectivity index (χ3n) is 4.87. The van der Waals surface area contributed by atoms with E-state index >= 15 is 0 Å². The summed E-state index contributed by atoms with van der Waals surface area (Å²) in [6.45, 7) is 2.44. The molecule has 138 valence electrons. The summed E-state index contributed by atoms with van der Waals surface area (Å²) in [4.78, 5) is 27.9. The molecular formula is C21H20N2O4. The van der Waals surface area contributed by atoms with Crippen molar-refractivity contribution in [3.8, 4) is 5.75 Å². The van der Waals surface area contributed by atoms with E-state index in [1.54, 1.807) is 20.0 Å². The minimum Gasteiger partial charge on any atom is -0.491 e. The number of aromatic nitrogens is 1. The summed E-state index contributed by atoms with van der Waals surface area (Å²) in [6, 6.07) is 11.4. The Kier molecular flexibility index (Phi) is 4.32. The van der Waals surface area contributed by atoms with E-state index in [-0.39, 0.29) is 18.4 Å². The second-order valence-electron chi connectivity index (χ2n) is 6.39. The fraction of sp³-hybridized carbons (Fsp3) is 0.238. The van der Waals surface area contributed by atoms with Crippen LogP contribution in [0.25, 0.3) is 10.9 Å². The van der Waals surface area contributed by atoms with Crippen molar-refractivity contribution >= 4 is 22.8 Å². The number of hydrogen-bond acceptors (Lipinski definition) is 4. The van der Waals surface area contributed by atoms with Crippen LogP contribution in [0.5, 0.6) is 5.75 Å². The number of nitrogens with one attached hydrogen (secondary N) is 2. The highest BCUT2D eigenvalue weighted by Crippen LogP contribution is 2.43. The third-order valence-corrected chi connectivity index (χ3v) is 4.87. The molecule has 0 aliphatic carbocycles. The highest BCUT2D eigenvalue weighted by Gasteiger charge is 2.32. The lowest BCUT2D eigenvalue weighted by molar-refractivity contribution is 0.0526. The minimum absolute atomic E-state index is 0.0720. The summed E-state index contributed by atoms with van der Waals surface area (Å²) < 4.78 is 11.1. The number of rotatable bonds is 4. The summed E-state index contributed by atoms with van der Waals surface area (Å²) in [6.07, 6.45) is 1.90. The Morgan fingerprint density at radius 2 is 2.11 bits per heavy atom. The Hall–Kier alpha value is -3.28. The first-order chi connectivity index (χ1) is 13.1. The largest absolute Gasteiger partial charge is 0.491 e. The maximum absolute atomic E-state index is 12.4. The van der Waals surface area contributed by atoms with Gasteiger partial charge in [-0.05, 0) is 36.8 Å². The molecule has 2 heterocycles. The van der Waals surface area contributed by atoms with E-state index in [1.165, 1.54) is 6.07 Å². The SMILES string of the molecule is CCOC(=O)c1cc(C(=O)NC)c2c(c1)C(c1cccc3[nH]ccc13)CO2. The molecule has 0 fully saturated rings. The smallest absolute Gasteiger partial charge is 0.338 e. The fourth-order valence-electron chi connectivity index (χ4n) is 3.63. The van der Waals surface area contributed by atoms with Crippen LogP contribution in [0.4, 0.5) is 0 Å². The molecule has 3 aromatic rings. The molecule has 1 aliphatic heterocycles. The van der Waals surface area contributed by atoms with Crippen LogP contribution in [-0.2, 0) is 4.74 Å². The van der Waals surface area contributed by atoms with Gasteiger partial charge in [0.25, 0.3) is 5.91 Å². The van der Waals surface area contributed by atoms with Gasteiger partial charge in [-0.1, -0.05) is 12.1 Å². The van der Waals surface area contributed by atoms with Crippen molar-refractivity contribution in [2.75, 3.05) is 20.3 Å². The molecule has 0 saturated heterocycles. The summed E-state index contributed by atoms with van der Waals surface area (Å²) >= 11 is 0. The maximum atomic E-state index is 12.4. The van der Waals surface area contributed by atoms with Crippen molar-refractivity contribution in [2.45, 2.75) is 12.8 Å². The lowest BCUT2D eigenvalue weighted by atomic mass is 9.88. The van der Waals surface area contributed by atoms with Crippen LogP contribution < -0.4 is 10.1 Å². The summed E-state index contributed by atoms with van der Waals surface area (Å²) in [5.74, 6) is -0.286. The standard InChI is InChI=1S/C21H20N2O4/c1-3-26-21(25)12-9-15-17(11-27-19(15)16(10-12)20(24)22-2)13-5-4-6-18-14(13)7-8-23-18/h4-10,17,23H,3,11H2,1-2H3,(H,22,24). The Labute approximate surface area is 156 Å². The maximum Gasteiger partial charge on any atom is 0.338 e. The lowest BCUT2D eigenvalue weighted by Gasteiger charge is -2.13. The van der Waals surface area contributed by atoms with Crippen molar-refractivity contribution in [3.63, 3.8) is 0 Å². The van der Waals surface area contributed by atoms with Crippen molar-refractivity contribution in [1.82, 2.24) is 10.3 Å². The van der Waals surface area contributed by atoms with Crippen molar-refractivity contribution < 1.29 is 19.1 Å². The molecule has 0 spiro atoms. The highest BCUT2D eigenvalue weighted by molar-refractivity contribution is 6.01. The van der Waals surface area contributed by atoms with E-state index in [9.17, 15) is 9.59 Å². The molecule has 0 saturated carbocycles. The predicted octanol–water partition coefficient (Wildman–Crippen LogP) is 3.23. The van der Waals surface area contributed by atoms with Crippen molar-refractivity contribution in [1.29, 1.82) is 0 Å². The van der Waals surface area contributed by atoms with E-state index in [0.29, 0.717) is 23.5 Å². The molecule has 0 radical (unpaired) electrons. The highest BCUT2D eigenvalue weighted by atomic mass is 16.5. The molecule has 2 N–H and O–H groups in total. The molecule has 1 unspecified atom stereocenters. The van der Waals surface area contributed by atoms with Gasteiger partial charge >= 0.3 is 5.97 Å². The van der Waals surface area contributed by atoms with Gasteiger partial charge in [0.1, 0.15) is 5.75 Å². The molecule has 1 atom stereocenters. The van der Waals surface area contributed by atoms with Crippen LogP contribution in [0, 0.1) is 0 Å². The molecule has 4 rings (SSSR count). The summed E-state index contributed by atoms with van der Waals surface area (Å²) in [7, 11) is 1.55. The average Bonchev–Trinajstić information content (AvgIpc) is 3.33. The second kappa shape index (κ2) is 6.79. The first-order valence-corrected chi connectivity index (χ1v) is 8.90. The predicted molar refractivity (Wildman–Crippen MR) is 101 cm³/mol. The number of benzene rings is 2. The quantitative estimate of drug-likeness (QED) is 0.697. The molecule has 1 aromatic heterocycles. The Morgan fingerprint density at radius 3 is 2.89 bits per heavy atom. The van der Waals surface area contributed by atoms with Crippen LogP contribution in [0.3, 0.4) is 0 Å². The number of hydrogen-bond donors (Lipinski definition) is 2.